The molecule has 0 saturated heterocycles. The Labute approximate surface area is 346 Å². The summed E-state index contributed by atoms with van der Waals surface area (Å²) in [4.78, 5) is 2.33. The van der Waals surface area contributed by atoms with Gasteiger partial charge in [0, 0.05) is 33.4 Å². The fourth-order valence-corrected chi connectivity index (χ4v) is 7.79. The van der Waals surface area contributed by atoms with Crippen LogP contribution in [-0.2, 0) is 0 Å². The molecule has 0 aliphatic rings. The molecule has 59 heavy (non-hydrogen) atoms. The lowest BCUT2D eigenvalue weighted by Gasteiger charge is -2.26. The van der Waals surface area contributed by atoms with E-state index >= 15 is 0 Å². The first kappa shape index (κ1) is 36.9. The van der Waals surface area contributed by atoms with E-state index in [0.29, 0.717) is 0 Å². The zero-order valence-corrected chi connectivity index (χ0v) is 33.0. The molecule has 0 bridgehead atoms. The van der Waals surface area contributed by atoms with Crippen molar-refractivity contribution in [2.75, 3.05) is 4.90 Å². The Morgan fingerprint density at radius 3 is 1.08 bits per heavy atom. The van der Waals surface area contributed by atoms with Crippen molar-refractivity contribution < 1.29 is 4.42 Å². The minimum atomic E-state index is 0.907. The van der Waals surface area contributed by atoms with Gasteiger partial charge in [-0.3, -0.25) is 0 Å². The van der Waals surface area contributed by atoms with E-state index in [0.717, 1.165) is 50.1 Å². The number of furan rings is 1. The Morgan fingerprint density at radius 1 is 0.339 bits per heavy atom. The highest BCUT2D eigenvalue weighted by Crippen LogP contribution is 2.40. The van der Waals surface area contributed by atoms with Crippen molar-refractivity contribution in [3.05, 3.63) is 237 Å². The summed E-state index contributed by atoms with van der Waals surface area (Å²) in [6.07, 6.45) is 1.75. The van der Waals surface area contributed by atoms with Gasteiger partial charge in [0.05, 0.1) is 0 Å². The molecule has 10 aromatic rings. The van der Waals surface area contributed by atoms with Crippen LogP contribution >= 0.6 is 0 Å². The van der Waals surface area contributed by atoms with Gasteiger partial charge in [-0.15, -0.1) is 6.58 Å². The molecule has 2 nitrogen and oxygen atoms in total. The predicted molar refractivity (Wildman–Crippen MR) is 251 cm³/mol. The predicted octanol–water partition coefficient (Wildman–Crippen LogP) is 16.6. The number of benzene rings is 9. The number of anilines is 3. The van der Waals surface area contributed by atoms with Crippen LogP contribution in [0, 0.1) is 0 Å². The molecule has 0 radical (unpaired) electrons. The van der Waals surface area contributed by atoms with Gasteiger partial charge in [-0.1, -0.05) is 188 Å². The van der Waals surface area contributed by atoms with Crippen LogP contribution in [-0.4, -0.2) is 0 Å². The maximum Gasteiger partial charge on any atom is 0.143 e. The molecule has 0 saturated carbocycles. The van der Waals surface area contributed by atoms with E-state index < -0.39 is 0 Å². The molecule has 0 N–H and O–H groups in total. The number of nitrogens with zero attached hydrogens (tertiary/aromatic N) is 1. The second-order valence-corrected chi connectivity index (χ2v) is 14.6. The smallest absolute Gasteiger partial charge is 0.143 e. The van der Waals surface area contributed by atoms with Gasteiger partial charge in [0.15, 0.2) is 0 Å². The average Bonchev–Trinajstić information content (AvgIpc) is 3.70. The first-order valence-electron chi connectivity index (χ1n) is 20.1. The lowest BCUT2D eigenvalue weighted by molar-refractivity contribution is 0.670. The Balaban J connectivity index is 0.00000145. The van der Waals surface area contributed by atoms with Crippen molar-refractivity contribution in [2.24, 2.45) is 0 Å². The third-order valence-corrected chi connectivity index (χ3v) is 10.7. The fourth-order valence-electron chi connectivity index (χ4n) is 7.79. The number of allylic oxidation sites excluding steroid dienone is 1. The van der Waals surface area contributed by atoms with Crippen LogP contribution in [0.15, 0.2) is 242 Å². The van der Waals surface area contributed by atoms with E-state index in [-0.39, 0.29) is 0 Å². The van der Waals surface area contributed by atoms with Crippen LogP contribution in [0.4, 0.5) is 17.1 Å². The topological polar surface area (TPSA) is 16.4 Å². The number of hydrogen-bond donors (Lipinski definition) is 0. The van der Waals surface area contributed by atoms with Gasteiger partial charge in [-0.25, -0.2) is 0 Å². The lowest BCUT2D eigenvalue weighted by atomic mass is 9.98. The zero-order valence-electron chi connectivity index (χ0n) is 33.0. The van der Waals surface area contributed by atoms with E-state index in [1.54, 1.807) is 6.08 Å². The molecule has 2 heteroatoms. The number of rotatable bonds is 8. The molecule has 9 aromatic carbocycles. The SMILES string of the molecule is C=CC.c1ccc(-c2ccc(-c3ccc(-c4ccc(N(c5ccc(-c6ccccc6)cc5)c5ccc(-c6cccc7c6oc6ccccc67)cc5)cc4)cc3)cc2)cc1. The van der Waals surface area contributed by atoms with Crippen LogP contribution in [0.3, 0.4) is 0 Å². The minimum absolute atomic E-state index is 0.907. The minimum Gasteiger partial charge on any atom is -0.455 e. The molecule has 0 fully saturated rings. The van der Waals surface area contributed by atoms with Crippen molar-refractivity contribution in [3.8, 4) is 55.6 Å². The largest absolute Gasteiger partial charge is 0.455 e. The van der Waals surface area contributed by atoms with Gasteiger partial charge in [-0.05, 0) is 99.5 Å². The number of fused-ring (bicyclic) bond motifs is 3. The third kappa shape index (κ3) is 7.73. The number of hydrogen-bond acceptors (Lipinski definition) is 2. The quantitative estimate of drug-likeness (QED) is 0.144. The van der Waals surface area contributed by atoms with Crippen molar-refractivity contribution >= 4 is 39.0 Å². The summed E-state index contributed by atoms with van der Waals surface area (Å²) < 4.78 is 6.39. The zero-order chi connectivity index (χ0) is 40.0. The normalized spacial score (nSPS) is 10.9. The molecular formula is C57H43NO. The summed E-state index contributed by atoms with van der Waals surface area (Å²) in [7, 11) is 0. The third-order valence-electron chi connectivity index (χ3n) is 10.7. The Kier molecular flexibility index (Phi) is 10.5. The van der Waals surface area contributed by atoms with Crippen molar-refractivity contribution in [1.82, 2.24) is 0 Å². The first-order valence-corrected chi connectivity index (χ1v) is 20.1. The molecule has 0 unspecified atom stereocenters. The highest BCUT2D eigenvalue weighted by molar-refractivity contribution is 6.09. The summed E-state index contributed by atoms with van der Waals surface area (Å²) in [5.41, 5.74) is 16.9. The Morgan fingerprint density at radius 2 is 0.661 bits per heavy atom. The summed E-state index contributed by atoms with van der Waals surface area (Å²) >= 11 is 0. The summed E-state index contributed by atoms with van der Waals surface area (Å²) in [5, 5.41) is 2.27. The Hall–Kier alpha value is -7.68. The molecule has 282 valence electrons. The van der Waals surface area contributed by atoms with Crippen LogP contribution in [0.25, 0.3) is 77.6 Å². The van der Waals surface area contributed by atoms with Crippen molar-refractivity contribution in [3.63, 3.8) is 0 Å². The number of para-hydroxylation sites is 2. The highest BCUT2D eigenvalue weighted by Gasteiger charge is 2.16. The maximum atomic E-state index is 6.39. The van der Waals surface area contributed by atoms with Gasteiger partial charge >= 0.3 is 0 Å². The summed E-state index contributed by atoms with van der Waals surface area (Å²) in [6, 6.07) is 79.9. The van der Waals surface area contributed by atoms with Gasteiger partial charge < -0.3 is 9.32 Å². The lowest BCUT2D eigenvalue weighted by Crippen LogP contribution is -2.09. The second kappa shape index (κ2) is 16.8. The molecule has 1 aromatic heterocycles. The molecule has 10 rings (SSSR count). The highest BCUT2D eigenvalue weighted by atomic mass is 16.3. The van der Waals surface area contributed by atoms with Gasteiger partial charge in [-0.2, -0.15) is 0 Å². The first-order chi connectivity index (χ1) is 29.2. The second-order valence-electron chi connectivity index (χ2n) is 14.6. The van der Waals surface area contributed by atoms with E-state index in [2.05, 4.69) is 224 Å². The monoisotopic (exact) mass is 757 g/mol. The molecule has 0 spiro atoms. The van der Waals surface area contributed by atoms with E-state index in [1.165, 1.54) is 44.5 Å². The van der Waals surface area contributed by atoms with Crippen LogP contribution in [0.5, 0.6) is 0 Å². The van der Waals surface area contributed by atoms with E-state index in [1.807, 2.05) is 19.1 Å². The van der Waals surface area contributed by atoms with Gasteiger partial charge in [0.1, 0.15) is 11.2 Å². The van der Waals surface area contributed by atoms with Crippen molar-refractivity contribution in [2.45, 2.75) is 6.92 Å². The van der Waals surface area contributed by atoms with Crippen LogP contribution in [0.1, 0.15) is 6.92 Å². The standard InChI is InChI=1S/C54H37NO.C3H6/c1-3-10-38(11-4-1)40-18-20-41(21-19-40)42-22-24-43(25-23-42)45-28-34-48(35-29-45)55(47-32-26-44(27-33-47)39-12-5-2-6-13-39)49-36-30-46(31-37-49)50-15-9-16-52-51-14-7-8-17-53(51)56-54(50)52;1-3-2/h1-37H;3H,1H2,2H3. The molecule has 0 aliphatic carbocycles. The molecule has 0 amide bonds. The van der Waals surface area contributed by atoms with E-state index in [4.69, 9.17) is 4.42 Å². The van der Waals surface area contributed by atoms with Gasteiger partial charge in [0.25, 0.3) is 0 Å². The fraction of sp³-hybridized carbons (Fsp3) is 0.0175. The summed E-state index contributed by atoms with van der Waals surface area (Å²) in [6.45, 7) is 5.25. The molecular weight excluding hydrogens is 715 g/mol. The van der Waals surface area contributed by atoms with E-state index in [9.17, 15) is 0 Å². The van der Waals surface area contributed by atoms with Crippen LogP contribution in [0.2, 0.25) is 0 Å². The Bertz CT molecular complexity index is 2950. The molecule has 0 atom stereocenters. The molecule has 0 aliphatic heterocycles. The van der Waals surface area contributed by atoms with Gasteiger partial charge in [0.2, 0.25) is 0 Å². The van der Waals surface area contributed by atoms with Crippen molar-refractivity contribution in [1.29, 1.82) is 0 Å². The molecule has 1 heterocycles. The summed E-state index contributed by atoms with van der Waals surface area (Å²) in [5.74, 6) is 0. The average molecular weight is 758 g/mol. The maximum absolute atomic E-state index is 6.39. The van der Waals surface area contributed by atoms with Crippen LogP contribution < -0.4 is 4.90 Å².